The number of aromatic amines is 1. The van der Waals surface area contributed by atoms with Gasteiger partial charge in [-0.15, -0.1) is 0 Å². The third-order valence-corrected chi connectivity index (χ3v) is 14.5. The number of methoxy groups -OCH3 is 2. The van der Waals surface area contributed by atoms with Gasteiger partial charge in [-0.05, 0) is 125 Å². The summed E-state index contributed by atoms with van der Waals surface area (Å²) in [4.78, 5) is 69.1. The number of imidazole rings is 1. The molecule has 12 nitrogen and oxygen atoms in total. The molecule has 2 N–H and O–H groups in total. The largest absolute Gasteiger partial charge is 0.469 e. The van der Waals surface area contributed by atoms with Crippen LogP contribution in [0, 0.1) is 23.2 Å². The molecule has 1 aromatic heterocycles. The lowest BCUT2D eigenvalue weighted by molar-refractivity contribution is -0.148. The van der Waals surface area contributed by atoms with E-state index in [1.165, 1.54) is 54.9 Å². The number of allylic oxidation sites excluding steroid dienone is 1. The number of benzene rings is 3. The van der Waals surface area contributed by atoms with Crippen LogP contribution in [0.1, 0.15) is 108 Å². The monoisotopic (exact) mass is 852 g/mol. The Morgan fingerprint density at radius 1 is 0.794 bits per heavy atom. The zero-order chi connectivity index (χ0) is 44.2. The van der Waals surface area contributed by atoms with Crippen molar-refractivity contribution in [3.8, 4) is 22.3 Å². The van der Waals surface area contributed by atoms with Crippen LogP contribution in [0.2, 0.25) is 0 Å². The Labute approximate surface area is 369 Å². The first-order valence-electron chi connectivity index (χ1n) is 22.9. The quantitative estimate of drug-likeness (QED) is 0.136. The van der Waals surface area contributed by atoms with E-state index in [9.17, 15) is 19.2 Å². The maximum absolute atomic E-state index is 13.8. The van der Waals surface area contributed by atoms with Crippen molar-refractivity contribution >= 4 is 46.2 Å². The van der Waals surface area contributed by atoms with Crippen molar-refractivity contribution in [2.45, 2.75) is 110 Å². The number of fused-ring (bicyclic) bond motifs is 2. The summed E-state index contributed by atoms with van der Waals surface area (Å²) >= 11 is 0. The normalized spacial score (nSPS) is 20.9. The molecule has 4 heterocycles. The molecule has 63 heavy (non-hydrogen) atoms. The summed E-state index contributed by atoms with van der Waals surface area (Å²) in [5, 5.41) is 2.74. The number of rotatable bonds is 12. The molecule has 3 aliphatic heterocycles. The number of esters is 1. The molecule has 4 atom stereocenters. The summed E-state index contributed by atoms with van der Waals surface area (Å²) in [5.74, 6) is -0.153. The number of nitrogens with zero attached hydrogens (tertiary/aromatic N) is 4. The second-order valence-corrected chi connectivity index (χ2v) is 19.2. The lowest BCUT2D eigenvalue weighted by atomic mass is 9.89. The number of ether oxygens (including phenoxy) is 2. The van der Waals surface area contributed by atoms with Gasteiger partial charge in [0.2, 0.25) is 11.8 Å². The van der Waals surface area contributed by atoms with Crippen LogP contribution in [0.4, 0.5) is 4.79 Å². The smallest absolute Gasteiger partial charge is 0.407 e. The summed E-state index contributed by atoms with van der Waals surface area (Å²) in [6.45, 7) is 9.13. The van der Waals surface area contributed by atoms with Gasteiger partial charge in [0.1, 0.15) is 11.9 Å². The van der Waals surface area contributed by atoms with E-state index < -0.39 is 18.1 Å². The number of carbonyl (C=O) groups excluding carboxylic acids is 4. The SMILES string of the molecule is COC(=O)C[C@H](C(=O)N1CCC[C@H]1C1=NC=C(c2ccc(-c3ccc(-c4ccc5nc([C@@H]6CCCN6C(=O)[C@@H](NC(=O)OC)C(C)C)[nH]c5c4)c4c3CC3(CC3)C4)cc2)C1)C(C)C. The average molecular weight is 853 g/mol. The Morgan fingerprint density at radius 3 is 2.06 bits per heavy atom. The van der Waals surface area contributed by atoms with E-state index in [-0.39, 0.29) is 48.1 Å². The van der Waals surface area contributed by atoms with Crippen LogP contribution >= 0.6 is 0 Å². The van der Waals surface area contributed by atoms with Crippen LogP contribution in [0.5, 0.6) is 0 Å². The summed E-state index contributed by atoms with van der Waals surface area (Å²) in [6.07, 6.45) is 10.3. The minimum atomic E-state index is -0.683. The van der Waals surface area contributed by atoms with Gasteiger partial charge in [-0.25, -0.2) is 9.78 Å². The summed E-state index contributed by atoms with van der Waals surface area (Å²) in [7, 11) is 2.68. The first-order valence-corrected chi connectivity index (χ1v) is 22.9. The molecule has 1 saturated carbocycles. The van der Waals surface area contributed by atoms with Crippen molar-refractivity contribution in [1.82, 2.24) is 25.1 Å². The van der Waals surface area contributed by atoms with Gasteiger partial charge >= 0.3 is 12.1 Å². The maximum atomic E-state index is 13.8. The number of carbonyl (C=O) groups is 4. The van der Waals surface area contributed by atoms with Gasteiger partial charge in [-0.3, -0.25) is 19.4 Å². The molecule has 5 aliphatic rings. The highest BCUT2D eigenvalue weighted by Gasteiger charge is 2.48. The molecule has 0 radical (unpaired) electrons. The zero-order valence-electron chi connectivity index (χ0n) is 37.5. The van der Waals surface area contributed by atoms with Crippen LogP contribution in [0.15, 0.2) is 65.8 Å². The summed E-state index contributed by atoms with van der Waals surface area (Å²) in [5.41, 5.74) is 13.3. The topological polar surface area (TPSA) is 146 Å². The minimum absolute atomic E-state index is 0.0229. The van der Waals surface area contributed by atoms with Gasteiger partial charge in [0.05, 0.1) is 49.7 Å². The number of likely N-dealkylation sites (tertiary alicyclic amines) is 2. The van der Waals surface area contributed by atoms with Crippen molar-refractivity contribution in [1.29, 1.82) is 0 Å². The number of alkyl carbamates (subject to hydrolysis) is 1. The fraction of sp³-hybridized carbons (Fsp3) is 0.490. The van der Waals surface area contributed by atoms with Gasteiger partial charge in [0.15, 0.2) is 0 Å². The minimum Gasteiger partial charge on any atom is -0.469 e. The van der Waals surface area contributed by atoms with Crippen LogP contribution in [0.3, 0.4) is 0 Å². The van der Waals surface area contributed by atoms with E-state index in [1.807, 2.05) is 43.7 Å². The maximum Gasteiger partial charge on any atom is 0.407 e. The van der Waals surface area contributed by atoms with Crippen molar-refractivity contribution in [3.05, 3.63) is 83.3 Å². The third kappa shape index (κ3) is 8.17. The fourth-order valence-corrected chi connectivity index (χ4v) is 10.7. The molecule has 330 valence electrons. The molecule has 0 bridgehead atoms. The molecule has 3 aromatic carbocycles. The van der Waals surface area contributed by atoms with Crippen molar-refractivity contribution in [2.24, 2.45) is 28.2 Å². The van der Waals surface area contributed by atoms with Crippen molar-refractivity contribution in [3.63, 3.8) is 0 Å². The molecule has 3 fully saturated rings. The van der Waals surface area contributed by atoms with Crippen molar-refractivity contribution < 1.29 is 28.7 Å². The summed E-state index contributed by atoms with van der Waals surface area (Å²) < 4.78 is 9.73. The third-order valence-electron chi connectivity index (χ3n) is 14.5. The molecular formula is C51H60N6O6. The number of hydrogen-bond acceptors (Lipinski definition) is 8. The van der Waals surface area contributed by atoms with E-state index in [0.29, 0.717) is 24.9 Å². The molecule has 2 saturated heterocycles. The Bertz CT molecular complexity index is 2510. The van der Waals surface area contributed by atoms with E-state index in [2.05, 4.69) is 64.9 Å². The van der Waals surface area contributed by atoms with Gasteiger partial charge in [-0.1, -0.05) is 70.2 Å². The predicted molar refractivity (Wildman–Crippen MR) is 244 cm³/mol. The molecule has 3 amide bonds. The molecule has 9 rings (SSSR count). The number of hydrogen-bond donors (Lipinski definition) is 2. The van der Waals surface area contributed by atoms with Crippen LogP contribution < -0.4 is 5.32 Å². The Balaban J connectivity index is 0.918. The van der Waals surface area contributed by atoms with E-state index in [0.717, 1.165) is 77.8 Å². The number of aliphatic imine (C=N–C) groups is 1. The number of H-pyrrole nitrogens is 1. The standard InChI is InChI=1S/C51H60N6O6/c1-29(2)37(25-45(58)62-5)48(59)56-21-7-9-43(56)42-24-34(28-52-42)31-11-13-32(14-12-31)35-16-17-36(39-27-51(19-20-51)26-38(35)39)33-15-18-40-41(23-33)54-47(53-40)44-10-8-22-57(44)49(60)46(30(3)4)55-50(61)63-6/h11-18,23,28-30,37,43-44,46H,7-10,19-22,24-27H2,1-6H3,(H,53,54)(H,55,61)/t37-,43-,44-,46-/m0/s1. The highest BCUT2D eigenvalue weighted by Crippen LogP contribution is 2.58. The predicted octanol–water partition coefficient (Wildman–Crippen LogP) is 8.83. The van der Waals surface area contributed by atoms with E-state index in [4.69, 9.17) is 19.5 Å². The Kier molecular flexibility index (Phi) is 11.5. The van der Waals surface area contributed by atoms with Crippen LogP contribution in [-0.2, 0) is 36.7 Å². The molecule has 0 unspecified atom stereocenters. The number of amides is 3. The molecule has 12 heteroatoms. The number of aromatic nitrogens is 2. The fourth-order valence-electron chi connectivity index (χ4n) is 10.7. The highest BCUT2D eigenvalue weighted by atomic mass is 16.5. The highest BCUT2D eigenvalue weighted by molar-refractivity contribution is 6.03. The lowest BCUT2D eigenvalue weighted by Crippen LogP contribution is -2.51. The molecular weight excluding hydrogens is 793 g/mol. The van der Waals surface area contributed by atoms with Crippen molar-refractivity contribution in [2.75, 3.05) is 27.3 Å². The van der Waals surface area contributed by atoms with Crippen LogP contribution in [-0.4, -0.2) is 88.7 Å². The molecule has 4 aromatic rings. The van der Waals surface area contributed by atoms with Gasteiger partial charge < -0.3 is 29.6 Å². The van der Waals surface area contributed by atoms with Gasteiger partial charge in [-0.2, -0.15) is 0 Å². The second kappa shape index (κ2) is 17.1. The van der Waals surface area contributed by atoms with Gasteiger partial charge in [0, 0.05) is 31.4 Å². The second-order valence-electron chi connectivity index (χ2n) is 19.2. The lowest BCUT2D eigenvalue weighted by Gasteiger charge is -2.30. The number of nitrogens with one attached hydrogen (secondary N) is 2. The zero-order valence-corrected chi connectivity index (χ0v) is 37.5. The Morgan fingerprint density at radius 2 is 1.43 bits per heavy atom. The van der Waals surface area contributed by atoms with E-state index in [1.54, 1.807) is 0 Å². The first kappa shape index (κ1) is 42.5. The first-order chi connectivity index (χ1) is 30.4. The molecule has 1 spiro atoms. The van der Waals surface area contributed by atoms with Gasteiger partial charge in [0.25, 0.3) is 0 Å². The average Bonchev–Trinajstić information content (AvgIpc) is 3.95. The Hall–Kier alpha value is -5.78. The van der Waals surface area contributed by atoms with Crippen LogP contribution in [0.25, 0.3) is 38.9 Å². The summed E-state index contributed by atoms with van der Waals surface area (Å²) in [6, 6.07) is 19.1. The molecule has 2 aliphatic carbocycles. The van der Waals surface area contributed by atoms with E-state index >= 15 is 0 Å².